The zero-order valence-corrected chi connectivity index (χ0v) is 8.71. The standard InChI is InChI=1S/C12H18O/c1-12(2,3)10-6-4-5-9-7-8-13-11(9)10/h4-6,9,11H,7-8H2,1-3H3. The fourth-order valence-electron chi connectivity index (χ4n) is 2.20. The van der Waals surface area contributed by atoms with Crippen LogP contribution in [0.1, 0.15) is 27.2 Å². The molecule has 1 heterocycles. The summed E-state index contributed by atoms with van der Waals surface area (Å²) < 4.78 is 5.78. The topological polar surface area (TPSA) is 9.23 Å². The lowest BCUT2D eigenvalue weighted by Gasteiger charge is -2.31. The van der Waals surface area contributed by atoms with Crippen LogP contribution in [0.15, 0.2) is 23.8 Å². The Hall–Kier alpha value is -0.560. The molecule has 2 rings (SSSR count). The van der Waals surface area contributed by atoms with Crippen LogP contribution in [0.25, 0.3) is 0 Å². The van der Waals surface area contributed by atoms with Gasteiger partial charge in [0.05, 0.1) is 6.10 Å². The Labute approximate surface area is 80.5 Å². The van der Waals surface area contributed by atoms with E-state index in [0.717, 1.165) is 6.61 Å². The van der Waals surface area contributed by atoms with E-state index in [9.17, 15) is 0 Å². The molecule has 1 saturated heterocycles. The number of hydrogen-bond acceptors (Lipinski definition) is 1. The summed E-state index contributed by atoms with van der Waals surface area (Å²) in [6.07, 6.45) is 8.26. The Kier molecular flexibility index (Phi) is 2.07. The maximum Gasteiger partial charge on any atom is 0.0856 e. The van der Waals surface area contributed by atoms with Gasteiger partial charge < -0.3 is 4.74 Å². The smallest absolute Gasteiger partial charge is 0.0856 e. The van der Waals surface area contributed by atoms with Gasteiger partial charge in [-0.2, -0.15) is 0 Å². The summed E-state index contributed by atoms with van der Waals surface area (Å²) in [6, 6.07) is 0. The van der Waals surface area contributed by atoms with Crippen LogP contribution in [0.2, 0.25) is 0 Å². The van der Waals surface area contributed by atoms with Crippen LogP contribution in [0.3, 0.4) is 0 Å². The van der Waals surface area contributed by atoms with Crippen molar-refractivity contribution in [3.8, 4) is 0 Å². The number of rotatable bonds is 0. The highest BCUT2D eigenvalue weighted by molar-refractivity contribution is 5.29. The minimum atomic E-state index is 0.248. The Morgan fingerprint density at radius 3 is 2.85 bits per heavy atom. The molecule has 1 nitrogen and oxygen atoms in total. The van der Waals surface area contributed by atoms with Crippen LogP contribution < -0.4 is 0 Å². The maximum atomic E-state index is 5.78. The van der Waals surface area contributed by atoms with E-state index in [4.69, 9.17) is 4.74 Å². The fraction of sp³-hybridized carbons (Fsp3) is 0.667. The van der Waals surface area contributed by atoms with Gasteiger partial charge in [0, 0.05) is 12.5 Å². The largest absolute Gasteiger partial charge is 0.373 e. The Bertz CT molecular complexity index is 255. The lowest BCUT2D eigenvalue weighted by atomic mass is 9.77. The van der Waals surface area contributed by atoms with Gasteiger partial charge in [0.2, 0.25) is 0 Å². The van der Waals surface area contributed by atoms with E-state index in [-0.39, 0.29) is 5.41 Å². The maximum absolute atomic E-state index is 5.78. The molecule has 2 unspecified atom stereocenters. The molecular formula is C12H18O. The normalized spacial score (nSPS) is 33.0. The van der Waals surface area contributed by atoms with Crippen LogP contribution >= 0.6 is 0 Å². The first-order valence-electron chi connectivity index (χ1n) is 5.09. The number of ether oxygens (including phenoxy) is 1. The predicted octanol–water partition coefficient (Wildman–Crippen LogP) is 2.93. The van der Waals surface area contributed by atoms with Crippen molar-refractivity contribution in [1.29, 1.82) is 0 Å². The van der Waals surface area contributed by atoms with Crippen LogP contribution in [0.5, 0.6) is 0 Å². The molecule has 0 radical (unpaired) electrons. The molecule has 13 heavy (non-hydrogen) atoms. The number of allylic oxidation sites excluding steroid dienone is 2. The van der Waals surface area contributed by atoms with Gasteiger partial charge in [-0.25, -0.2) is 0 Å². The minimum absolute atomic E-state index is 0.248. The summed E-state index contributed by atoms with van der Waals surface area (Å²) in [5.41, 5.74) is 1.70. The first-order valence-corrected chi connectivity index (χ1v) is 5.09. The van der Waals surface area contributed by atoms with Gasteiger partial charge in [0.1, 0.15) is 0 Å². The van der Waals surface area contributed by atoms with E-state index < -0.39 is 0 Å². The summed E-state index contributed by atoms with van der Waals surface area (Å²) in [5.74, 6) is 0.638. The van der Waals surface area contributed by atoms with E-state index in [1.165, 1.54) is 12.0 Å². The monoisotopic (exact) mass is 178 g/mol. The quantitative estimate of drug-likeness (QED) is 0.554. The average molecular weight is 178 g/mol. The van der Waals surface area contributed by atoms with Crippen LogP contribution in [-0.2, 0) is 4.74 Å². The van der Waals surface area contributed by atoms with Crippen LogP contribution in [0.4, 0.5) is 0 Å². The zero-order chi connectivity index (χ0) is 9.47. The van der Waals surface area contributed by atoms with E-state index in [1.54, 1.807) is 0 Å². The van der Waals surface area contributed by atoms with Crippen molar-refractivity contribution in [1.82, 2.24) is 0 Å². The molecule has 0 spiro atoms. The summed E-state index contributed by atoms with van der Waals surface area (Å²) in [6.45, 7) is 7.71. The molecule has 0 N–H and O–H groups in total. The molecule has 0 saturated carbocycles. The summed E-state index contributed by atoms with van der Waals surface area (Å²) >= 11 is 0. The molecule has 2 atom stereocenters. The molecule has 2 aliphatic rings. The third-order valence-corrected chi connectivity index (χ3v) is 2.94. The second kappa shape index (κ2) is 2.98. The fourth-order valence-corrected chi connectivity index (χ4v) is 2.20. The third kappa shape index (κ3) is 1.58. The lowest BCUT2D eigenvalue weighted by molar-refractivity contribution is 0.110. The van der Waals surface area contributed by atoms with Crippen molar-refractivity contribution in [2.24, 2.45) is 11.3 Å². The van der Waals surface area contributed by atoms with Crippen molar-refractivity contribution in [2.45, 2.75) is 33.3 Å². The number of fused-ring (bicyclic) bond motifs is 1. The van der Waals surface area contributed by atoms with Gasteiger partial charge >= 0.3 is 0 Å². The van der Waals surface area contributed by atoms with Crippen LogP contribution in [0, 0.1) is 11.3 Å². The summed E-state index contributed by atoms with van der Waals surface area (Å²) in [5, 5.41) is 0. The van der Waals surface area contributed by atoms with Gasteiger partial charge in [-0.15, -0.1) is 0 Å². The summed E-state index contributed by atoms with van der Waals surface area (Å²) in [7, 11) is 0. The van der Waals surface area contributed by atoms with Gasteiger partial charge in [0.25, 0.3) is 0 Å². The molecule has 1 heteroatoms. The van der Waals surface area contributed by atoms with Gasteiger partial charge in [-0.3, -0.25) is 0 Å². The second-order valence-corrected chi connectivity index (χ2v) is 5.00. The zero-order valence-electron chi connectivity index (χ0n) is 8.71. The molecule has 0 amide bonds. The van der Waals surface area contributed by atoms with Gasteiger partial charge in [-0.1, -0.05) is 39.0 Å². The Morgan fingerprint density at radius 1 is 1.38 bits per heavy atom. The minimum Gasteiger partial charge on any atom is -0.373 e. The van der Waals surface area contributed by atoms with E-state index in [2.05, 4.69) is 39.0 Å². The van der Waals surface area contributed by atoms with Crippen molar-refractivity contribution >= 4 is 0 Å². The van der Waals surface area contributed by atoms with Crippen molar-refractivity contribution in [3.05, 3.63) is 23.8 Å². The first kappa shape index (κ1) is 9.01. The molecule has 1 fully saturated rings. The average Bonchev–Trinajstić information content (AvgIpc) is 2.48. The van der Waals surface area contributed by atoms with Crippen molar-refractivity contribution in [3.63, 3.8) is 0 Å². The molecular weight excluding hydrogens is 160 g/mol. The van der Waals surface area contributed by atoms with Crippen LogP contribution in [-0.4, -0.2) is 12.7 Å². The highest BCUT2D eigenvalue weighted by atomic mass is 16.5. The van der Waals surface area contributed by atoms with Crippen molar-refractivity contribution in [2.75, 3.05) is 6.61 Å². The molecule has 72 valence electrons. The number of hydrogen-bond donors (Lipinski definition) is 0. The first-order chi connectivity index (χ1) is 6.09. The second-order valence-electron chi connectivity index (χ2n) is 5.00. The van der Waals surface area contributed by atoms with Gasteiger partial charge in [-0.05, 0) is 17.4 Å². The van der Waals surface area contributed by atoms with Crippen molar-refractivity contribution < 1.29 is 4.74 Å². The third-order valence-electron chi connectivity index (χ3n) is 2.94. The lowest BCUT2D eigenvalue weighted by Crippen LogP contribution is -2.27. The van der Waals surface area contributed by atoms with E-state index in [1.807, 2.05) is 0 Å². The summed E-state index contributed by atoms with van der Waals surface area (Å²) in [4.78, 5) is 0. The molecule has 0 aromatic heterocycles. The van der Waals surface area contributed by atoms with E-state index in [0.29, 0.717) is 12.0 Å². The molecule has 1 aliphatic carbocycles. The highest BCUT2D eigenvalue weighted by Crippen LogP contribution is 2.39. The predicted molar refractivity (Wildman–Crippen MR) is 54.5 cm³/mol. The molecule has 0 aromatic rings. The SMILES string of the molecule is CC(C)(C)C1=CC=CC2CCOC12. The molecule has 0 aromatic carbocycles. The Morgan fingerprint density at radius 2 is 2.15 bits per heavy atom. The van der Waals surface area contributed by atoms with Gasteiger partial charge in [0.15, 0.2) is 0 Å². The highest BCUT2D eigenvalue weighted by Gasteiger charge is 2.35. The molecule has 0 bridgehead atoms. The van der Waals surface area contributed by atoms with E-state index >= 15 is 0 Å². The molecule has 1 aliphatic heterocycles. The Balaban J connectivity index is 2.27.